The summed E-state index contributed by atoms with van der Waals surface area (Å²) in [6.45, 7) is 5.62. The molecule has 84 valence electrons. The van der Waals surface area contributed by atoms with E-state index < -0.39 is 5.60 Å². The third kappa shape index (κ3) is 1.80. The van der Waals surface area contributed by atoms with Gasteiger partial charge in [0.1, 0.15) is 11.9 Å². The molecule has 0 aromatic carbocycles. The molecule has 0 atom stereocenters. The molecule has 3 saturated carbocycles. The van der Waals surface area contributed by atoms with E-state index in [1.165, 1.54) is 0 Å². The Kier molecular flexibility index (Phi) is 2.01. The molecule has 0 saturated heterocycles. The second-order valence-corrected chi connectivity index (χ2v) is 6.27. The van der Waals surface area contributed by atoms with Gasteiger partial charge in [0.25, 0.3) is 0 Å². The summed E-state index contributed by atoms with van der Waals surface area (Å²) in [6, 6.07) is 0. The van der Waals surface area contributed by atoms with Crippen LogP contribution in [-0.4, -0.2) is 17.9 Å². The Morgan fingerprint density at radius 1 is 1.33 bits per heavy atom. The van der Waals surface area contributed by atoms with Gasteiger partial charge < -0.3 is 9.53 Å². The van der Waals surface area contributed by atoms with Crippen LogP contribution in [0.4, 0.5) is 0 Å². The van der Waals surface area contributed by atoms with E-state index in [9.17, 15) is 9.59 Å². The lowest BCUT2D eigenvalue weighted by Gasteiger charge is -2.68. The largest absolute Gasteiger partial charge is 0.460 e. The number of rotatable bonds is 3. The molecule has 0 aromatic heterocycles. The van der Waals surface area contributed by atoms with E-state index >= 15 is 0 Å². The molecule has 3 fully saturated rings. The zero-order valence-corrected chi connectivity index (χ0v) is 9.63. The highest BCUT2D eigenvalue weighted by molar-refractivity contribution is 5.74. The molecule has 3 aliphatic rings. The zero-order valence-electron chi connectivity index (χ0n) is 9.63. The van der Waals surface area contributed by atoms with Gasteiger partial charge in [0.2, 0.25) is 0 Å². The normalized spacial score (nSPS) is 37.5. The minimum Gasteiger partial charge on any atom is -0.460 e. The molecule has 3 nitrogen and oxygen atoms in total. The number of hydrogen-bond donors (Lipinski definition) is 0. The van der Waals surface area contributed by atoms with Crippen molar-refractivity contribution in [2.24, 2.45) is 10.8 Å². The Morgan fingerprint density at radius 3 is 2.27 bits per heavy atom. The zero-order chi connectivity index (χ0) is 11.3. The van der Waals surface area contributed by atoms with E-state index in [4.69, 9.17) is 4.74 Å². The summed E-state index contributed by atoms with van der Waals surface area (Å²) in [6.07, 6.45) is 4.22. The van der Waals surface area contributed by atoms with Gasteiger partial charge in [-0.3, -0.25) is 4.79 Å². The fraction of sp³-hybridized carbons (Fsp3) is 0.833. The minimum atomic E-state index is -0.400. The molecule has 0 radical (unpaired) electrons. The average Bonchev–Trinajstić information content (AvgIpc) is 1.89. The van der Waals surface area contributed by atoms with Crippen LogP contribution in [0.1, 0.15) is 46.5 Å². The summed E-state index contributed by atoms with van der Waals surface area (Å²) in [5.74, 6) is -0.123. The molecule has 0 aliphatic heterocycles. The Hall–Kier alpha value is -0.860. The molecule has 2 bridgehead atoms. The molecule has 0 spiro atoms. The van der Waals surface area contributed by atoms with Crippen molar-refractivity contribution in [3.8, 4) is 0 Å². The van der Waals surface area contributed by atoms with Crippen molar-refractivity contribution in [1.29, 1.82) is 0 Å². The van der Waals surface area contributed by atoms with Gasteiger partial charge in [0.05, 0.1) is 6.42 Å². The molecule has 15 heavy (non-hydrogen) atoms. The van der Waals surface area contributed by atoms with Crippen molar-refractivity contribution in [3.63, 3.8) is 0 Å². The van der Waals surface area contributed by atoms with Crippen LogP contribution in [0.2, 0.25) is 0 Å². The highest BCUT2D eigenvalue weighted by atomic mass is 16.6. The monoisotopic (exact) mass is 210 g/mol. The fourth-order valence-electron chi connectivity index (χ4n) is 3.08. The third-order valence-electron chi connectivity index (χ3n) is 3.37. The van der Waals surface area contributed by atoms with Crippen molar-refractivity contribution < 1.29 is 14.3 Å². The van der Waals surface area contributed by atoms with Crippen LogP contribution in [0.3, 0.4) is 0 Å². The highest BCUT2D eigenvalue weighted by Gasteiger charge is 2.68. The molecule has 3 heteroatoms. The number of hydrogen-bond acceptors (Lipinski definition) is 3. The number of ether oxygens (including phenoxy) is 1. The number of aldehydes is 1. The Labute approximate surface area is 90.2 Å². The van der Waals surface area contributed by atoms with Gasteiger partial charge in [-0.25, -0.2) is 0 Å². The summed E-state index contributed by atoms with van der Waals surface area (Å²) in [7, 11) is 0. The molecule has 3 aliphatic carbocycles. The average molecular weight is 210 g/mol. The van der Waals surface area contributed by atoms with Crippen LogP contribution < -0.4 is 0 Å². The number of carbonyl (C=O) groups excluding carboxylic acids is 2. The van der Waals surface area contributed by atoms with E-state index in [1.54, 1.807) is 0 Å². The maximum Gasteiger partial charge on any atom is 0.306 e. The third-order valence-corrected chi connectivity index (χ3v) is 3.37. The van der Waals surface area contributed by atoms with Gasteiger partial charge in [-0.05, 0) is 45.4 Å². The first kappa shape index (κ1) is 10.7. The Balaban J connectivity index is 1.81. The summed E-state index contributed by atoms with van der Waals surface area (Å²) in [4.78, 5) is 22.3. The van der Waals surface area contributed by atoms with Crippen LogP contribution >= 0.6 is 0 Å². The quantitative estimate of drug-likeness (QED) is 0.529. The topological polar surface area (TPSA) is 43.4 Å². The van der Waals surface area contributed by atoms with Gasteiger partial charge >= 0.3 is 5.97 Å². The molecular formula is C12H18O3. The van der Waals surface area contributed by atoms with Crippen LogP contribution in [0.15, 0.2) is 0 Å². The molecule has 0 heterocycles. The van der Waals surface area contributed by atoms with Gasteiger partial charge in [-0.2, -0.15) is 0 Å². The highest BCUT2D eigenvalue weighted by Crippen LogP contribution is 2.73. The van der Waals surface area contributed by atoms with Crippen molar-refractivity contribution in [1.82, 2.24) is 0 Å². The first-order chi connectivity index (χ1) is 6.78. The SMILES string of the molecule is CC(C)(C)OC(=O)CC12CC(C=O)(C1)C2. The lowest BCUT2D eigenvalue weighted by molar-refractivity contribution is -0.206. The van der Waals surface area contributed by atoms with Crippen LogP contribution in [0.5, 0.6) is 0 Å². The van der Waals surface area contributed by atoms with Crippen LogP contribution in [-0.2, 0) is 14.3 Å². The summed E-state index contributed by atoms with van der Waals surface area (Å²) in [5, 5.41) is 0. The Bertz CT molecular complexity index is 292. The van der Waals surface area contributed by atoms with E-state index in [1.807, 2.05) is 20.8 Å². The van der Waals surface area contributed by atoms with E-state index in [-0.39, 0.29) is 16.8 Å². The van der Waals surface area contributed by atoms with Crippen molar-refractivity contribution in [3.05, 3.63) is 0 Å². The van der Waals surface area contributed by atoms with Gasteiger partial charge in [0.15, 0.2) is 0 Å². The van der Waals surface area contributed by atoms with E-state index in [2.05, 4.69) is 0 Å². The summed E-state index contributed by atoms with van der Waals surface area (Å²) in [5.41, 5.74) is -0.339. The van der Waals surface area contributed by atoms with Crippen molar-refractivity contribution in [2.75, 3.05) is 0 Å². The van der Waals surface area contributed by atoms with Gasteiger partial charge in [0, 0.05) is 5.41 Å². The molecule has 0 unspecified atom stereocenters. The summed E-state index contributed by atoms with van der Waals surface area (Å²) >= 11 is 0. The maximum atomic E-state index is 11.6. The lowest BCUT2D eigenvalue weighted by Crippen LogP contribution is -2.63. The number of carbonyl (C=O) groups is 2. The minimum absolute atomic E-state index is 0.0536. The lowest BCUT2D eigenvalue weighted by atomic mass is 9.35. The van der Waals surface area contributed by atoms with Gasteiger partial charge in [-0.1, -0.05) is 0 Å². The van der Waals surface area contributed by atoms with Crippen LogP contribution in [0, 0.1) is 10.8 Å². The van der Waals surface area contributed by atoms with Gasteiger partial charge in [-0.15, -0.1) is 0 Å². The fourth-order valence-corrected chi connectivity index (χ4v) is 3.08. The smallest absolute Gasteiger partial charge is 0.306 e. The molecule has 0 N–H and O–H groups in total. The summed E-state index contributed by atoms with van der Waals surface area (Å²) < 4.78 is 5.27. The second kappa shape index (κ2) is 2.83. The van der Waals surface area contributed by atoms with E-state index in [0.717, 1.165) is 25.5 Å². The molecule has 0 amide bonds. The molecule has 3 rings (SSSR count). The van der Waals surface area contributed by atoms with Crippen molar-refractivity contribution >= 4 is 12.3 Å². The second-order valence-electron chi connectivity index (χ2n) is 6.27. The molecule has 0 aromatic rings. The number of esters is 1. The Morgan fingerprint density at radius 2 is 1.87 bits per heavy atom. The van der Waals surface area contributed by atoms with Crippen molar-refractivity contribution in [2.45, 2.75) is 52.1 Å². The maximum absolute atomic E-state index is 11.6. The van der Waals surface area contributed by atoms with Crippen LogP contribution in [0.25, 0.3) is 0 Å². The predicted molar refractivity (Wildman–Crippen MR) is 55.2 cm³/mol. The standard InChI is InChI=1S/C12H18O3/c1-10(2,3)15-9(14)4-11-5-12(6-11,7-11)8-13/h8H,4-7H2,1-3H3. The first-order valence-electron chi connectivity index (χ1n) is 5.47. The predicted octanol–water partition coefficient (Wildman–Crippen LogP) is 2.09. The van der Waals surface area contributed by atoms with E-state index in [0.29, 0.717) is 6.42 Å². The molecular weight excluding hydrogens is 192 g/mol. The first-order valence-corrected chi connectivity index (χ1v) is 5.47.